The Kier molecular flexibility index (Phi) is 3.63. The highest BCUT2D eigenvalue weighted by atomic mass is 16.5. The molecule has 4 rings (SSSR count). The molecule has 1 fully saturated rings. The Balaban J connectivity index is 1.80. The summed E-state index contributed by atoms with van der Waals surface area (Å²) >= 11 is 0. The monoisotopic (exact) mass is 309 g/mol. The van der Waals surface area contributed by atoms with Crippen molar-refractivity contribution in [2.75, 3.05) is 27.2 Å². The van der Waals surface area contributed by atoms with Crippen LogP contribution in [0.2, 0.25) is 0 Å². The Bertz CT molecular complexity index is 690. The first kappa shape index (κ1) is 14.7. The van der Waals surface area contributed by atoms with Crippen LogP contribution < -0.4 is 4.74 Å². The van der Waals surface area contributed by atoms with Crippen LogP contribution in [0, 0.1) is 0 Å². The van der Waals surface area contributed by atoms with Gasteiger partial charge in [0.25, 0.3) is 0 Å². The lowest BCUT2D eigenvalue weighted by Crippen LogP contribution is -2.40. The molecule has 3 nitrogen and oxygen atoms in total. The van der Waals surface area contributed by atoms with Crippen molar-refractivity contribution < 1.29 is 9.47 Å². The quantitative estimate of drug-likeness (QED) is 0.843. The van der Waals surface area contributed by atoms with Crippen molar-refractivity contribution in [3.8, 4) is 5.75 Å². The van der Waals surface area contributed by atoms with E-state index in [2.05, 4.69) is 60.5 Å². The van der Waals surface area contributed by atoms with Crippen molar-refractivity contribution in [2.24, 2.45) is 0 Å². The fourth-order valence-corrected chi connectivity index (χ4v) is 3.89. The molecule has 2 aliphatic heterocycles. The van der Waals surface area contributed by atoms with Gasteiger partial charge in [0, 0.05) is 13.1 Å². The summed E-state index contributed by atoms with van der Waals surface area (Å²) < 4.78 is 12.2. The standard InChI is InChI=1S/C20H23NO2/c1-21-12-10-20(11-13-21)18-9-8-16(22-2)14-17(18)19(23-20)15-6-4-3-5-7-15/h3-9,14,19H,10-13H2,1-2H3/t19-/m1/s1. The highest BCUT2D eigenvalue weighted by molar-refractivity contribution is 5.47. The van der Waals surface area contributed by atoms with Gasteiger partial charge < -0.3 is 14.4 Å². The number of likely N-dealkylation sites (tertiary alicyclic amines) is 1. The maximum Gasteiger partial charge on any atom is 0.119 e. The zero-order valence-corrected chi connectivity index (χ0v) is 13.8. The third kappa shape index (κ3) is 2.44. The maximum absolute atomic E-state index is 6.71. The van der Waals surface area contributed by atoms with Gasteiger partial charge in [-0.1, -0.05) is 36.4 Å². The van der Waals surface area contributed by atoms with Gasteiger partial charge >= 0.3 is 0 Å². The minimum absolute atomic E-state index is 0.00436. The van der Waals surface area contributed by atoms with Crippen molar-refractivity contribution in [2.45, 2.75) is 24.5 Å². The van der Waals surface area contributed by atoms with Gasteiger partial charge in [-0.2, -0.15) is 0 Å². The zero-order chi connectivity index (χ0) is 15.9. The molecule has 23 heavy (non-hydrogen) atoms. The normalized spacial score (nSPS) is 23.0. The fraction of sp³-hybridized carbons (Fsp3) is 0.400. The number of benzene rings is 2. The number of hydrogen-bond donors (Lipinski definition) is 0. The lowest BCUT2D eigenvalue weighted by molar-refractivity contribution is -0.0941. The molecule has 0 aliphatic carbocycles. The molecule has 3 heteroatoms. The second-order valence-electron chi connectivity index (χ2n) is 6.66. The van der Waals surface area contributed by atoms with Crippen molar-refractivity contribution in [3.63, 3.8) is 0 Å². The van der Waals surface area contributed by atoms with E-state index in [0.29, 0.717) is 0 Å². The third-order valence-corrected chi connectivity index (χ3v) is 5.27. The van der Waals surface area contributed by atoms with E-state index in [0.717, 1.165) is 31.7 Å². The molecule has 2 heterocycles. The molecular formula is C20H23NO2. The number of nitrogens with zero attached hydrogens (tertiary/aromatic N) is 1. The molecule has 0 unspecified atom stereocenters. The molecule has 1 spiro atoms. The van der Waals surface area contributed by atoms with Crippen LogP contribution in [0.1, 0.15) is 35.6 Å². The van der Waals surface area contributed by atoms with E-state index >= 15 is 0 Å². The number of methoxy groups -OCH3 is 1. The van der Waals surface area contributed by atoms with Crippen LogP contribution >= 0.6 is 0 Å². The predicted octanol–water partition coefficient (Wildman–Crippen LogP) is 3.74. The summed E-state index contributed by atoms with van der Waals surface area (Å²) in [7, 11) is 3.91. The smallest absolute Gasteiger partial charge is 0.119 e. The topological polar surface area (TPSA) is 21.7 Å². The first-order valence-corrected chi connectivity index (χ1v) is 8.32. The average molecular weight is 309 g/mol. The van der Waals surface area contributed by atoms with Gasteiger partial charge in [0.2, 0.25) is 0 Å². The second-order valence-corrected chi connectivity index (χ2v) is 6.66. The van der Waals surface area contributed by atoms with E-state index in [-0.39, 0.29) is 11.7 Å². The van der Waals surface area contributed by atoms with Gasteiger partial charge in [0.05, 0.1) is 12.7 Å². The number of fused-ring (bicyclic) bond motifs is 2. The summed E-state index contributed by atoms with van der Waals surface area (Å²) in [6.45, 7) is 2.15. The third-order valence-electron chi connectivity index (χ3n) is 5.27. The SMILES string of the molecule is COc1ccc2c(c1)[C@@H](c1ccccc1)OC21CCN(C)CC1. The number of piperidine rings is 1. The Labute approximate surface area is 137 Å². The van der Waals surface area contributed by atoms with Gasteiger partial charge in [-0.25, -0.2) is 0 Å². The average Bonchev–Trinajstić information content (AvgIpc) is 2.92. The molecule has 0 N–H and O–H groups in total. The van der Waals surface area contributed by atoms with Crippen LogP contribution in [0.3, 0.4) is 0 Å². The van der Waals surface area contributed by atoms with Crippen LogP contribution in [-0.2, 0) is 10.3 Å². The molecule has 0 amide bonds. The molecule has 2 aromatic rings. The molecule has 0 radical (unpaired) electrons. The molecule has 2 aromatic carbocycles. The van der Waals surface area contributed by atoms with E-state index in [1.54, 1.807) is 7.11 Å². The summed E-state index contributed by atoms with van der Waals surface area (Å²) in [5, 5.41) is 0. The van der Waals surface area contributed by atoms with Gasteiger partial charge in [-0.3, -0.25) is 0 Å². The highest BCUT2D eigenvalue weighted by Crippen LogP contribution is 2.52. The van der Waals surface area contributed by atoms with E-state index in [1.165, 1.54) is 16.7 Å². The van der Waals surface area contributed by atoms with Crippen LogP contribution in [0.25, 0.3) is 0 Å². The summed E-state index contributed by atoms with van der Waals surface area (Å²) in [6.07, 6.45) is 2.10. The summed E-state index contributed by atoms with van der Waals surface area (Å²) in [5.41, 5.74) is 3.69. The van der Waals surface area contributed by atoms with E-state index in [9.17, 15) is 0 Å². The molecule has 0 aromatic heterocycles. The Hall–Kier alpha value is -1.84. The van der Waals surface area contributed by atoms with E-state index in [4.69, 9.17) is 9.47 Å². The molecule has 120 valence electrons. The molecule has 1 atom stereocenters. The van der Waals surface area contributed by atoms with Crippen molar-refractivity contribution >= 4 is 0 Å². The van der Waals surface area contributed by atoms with Crippen molar-refractivity contribution in [1.82, 2.24) is 4.90 Å². The number of rotatable bonds is 2. The van der Waals surface area contributed by atoms with Crippen LogP contribution in [-0.4, -0.2) is 32.1 Å². The number of hydrogen-bond acceptors (Lipinski definition) is 3. The first-order valence-electron chi connectivity index (χ1n) is 8.32. The predicted molar refractivity (Wildman–Crippen MR) is 90.8 cm³/mol. The first-order chi connectivity index (χ1) is 11.2. The molecule has 0 bridgehead atoms. The van der Waals surface area contributed by atoms with E-state index < -0.39 is 0 Å². The summed E-state index contributed by atoms with van der Waals surface area (Å²) in [6, 6.07) is 17.0. The Morgan fingerprint density at radius 2 is 1.83 bits per heavy atom. The summed E-state index contributed by atoms with van der Waals surface area (Å²) in [5.74, 6) is 0.901. The molecule has 2 aliphatic rings. The lowest BCUT2D eigenvalue weighted by atomic mass is 9.83. The van der Waals surface area contributed by atoms with Crippen LogP contribution in [0.5, 0.6) is 5.75 Å². The highest BCUT2D eigenvalue weighted by Gasteiger charge is 2.46. The minimum atomic E-state index is -0.144. The Morgan fingerprint density at radius 3 is 2.52 bits per heavy atom. The Morgan fingerprint density at radius 1 is 1.09 bits per heavy atom. The van der Waals surface area contributed by atoms with Crippen LogP contribution in [0.4, 0.5) is 0 Å². The van der Waals surface area contributed by atoms with Crippen molar-refractivity contribution in [3.05, 3.63) is 65.2 Å². The van der Waals surface area contributed by atoms with E-state index in [1.807, 2.05) is 0 Å². The van der Waals surface area contributed by atoms with Crippen molar-refractivity contribution in [1.29, 1.82) is 0 Å². The van der Waals surface area contributed by atoms with Gasteiger partial charge in [0.1, 0.15) is 11.9 Å². The zero-order valence-electron chi connectivity index (χ0n) is 13.8. The van der Waals surface area contributed by atoms with Crippen LogP contribution in [0.15, 0.2) is 48.5 Å². The maximum atomic E-state index is 6.71. The minimum Gasteiger partial charge on any atom is -0.497 e. The largest absolute Gasteiger partial charge is 0.497 e. The molecular weight excluding hydrogens is 286 g/mol. The van der Waals surface area contributed by atoms with Gasteiger partial charge in [-0.05, 0) is 48.7 Å². The van der Waals surface area contributed by atoms with Gasteiger partial charge in [-0.15, -0.1) is 0 Å². The fourth-order valence-electron chi connectivity index (χ4n) is 3.89. The summed E-state index contributed by atoms with van der Waals surface area (Å²) in [4.78, 5) is 2.38. The lowest BCUT2D eigenvalue weighted by Gasteiger charge is -2.38. The number of ether oxygens (including phenoxy) is 2. The second kappa shape index (κ2) is 5.66. The molecule has 1 saturated heterocycles. The molecule has 0 saturated carbocycles. The van der Waals surface area contributed by atoms with Gasteiger partial charge in [0.15, 0.2) is 0 Å².